The van der Waals surface area contributed by atoms with Crippen LogP contribution < -0.4 is 30.3 Å². The van der Waals surface area contributed by atoms with Crippen LogP contribution in [0.5, 0.6) is 17.2 Å². The Labute approximate surface area is 208 Å². The van der Waals surface area contributed by atoms with Gasteiger partial charge in [0.25, 0.3) is 5.91 Å². The summed E-state index contributed by atoms with van der Waals surface area (Å²) in [6.07, 6.45) is 1.32. The number of ether oxygens (including phenoxy) is 3. The zero-order valence-corrected chi connectivity index (χ0v) is 19.8. The molecule has 0 bridgehead atoms. The van der Waals surface area contributed by atoms with Crippen molar-refractivity contribution in [3.63, 3.8) is 0 Å². The molecule has 0 aliphatic heterocycles. The lowest BCUT2D eigenvalue weighted by molar-refractivity contribution is -0.139. The quantitative estimate of drug-likeness (QED) is 0.228. The average molecular weight is 491 g/mol. The predicted molar refractivity (Wildman–Crippen MR) is 134 cm³/mol. The lowest BCUT2D eigenvalue weighted by Gasteiger charge is -2.10. The third kappa shape index (κ3) is 7.87. The Hall–Kier alpha value is -4.86. The number of carbonyl (C=O) groups excluding carboxylic acids is 3. The van der Waals surface area contributed by atoms with Gasteiger partial charge in [-0.2, -0.15) is 5.10 Å². The second-order valence-corrected chi connectivity index (χ2v) is 7.33. The number of nitrogens with zero attached hydrogens (tertiary/aromatic N) is 1. The largest absolute Gasteiger partial charge is 0.497 e. The minimum absolute atomic E-state index is 0.176. The molecule has 186 valence electrons. The molecule has 0 fully saturated rings. The highest BCUT2D eigenvalue weighted by Gasteiger charge is 2.12. The van der Waals surface area contributed by atoms with Crippen LogP contribution in [0.25, 0.3) is 0 Å². The molecule has 0 aromatic heterocycles. The topological polar surface area (TPSA) is 127 Å². The maximum Gasteiger partial charge on any atom is 0.329 e. The summed E-state index contributed by atoms with van der Waals surface area (Å²) in [5.41, 5.74) is 4.09. The highest BCUT2D eigenvalue weighted by molar-refractivity contribution is 6.35. The second-order valence-electron chi connectivity index (χ2n) is 7.33. The third-order valence-corrected chi connectivity index (χ3v) is 4.84. The van der Waals surface area contributed by atoms with E-state index in [4.69, 9.17) is 14.2 Å². The molecule has 0 heterocycles. The summed E-state index contributed by atoms with van der Waals surface area (Å²) in [6.45, 7) is -0.0633. The highest BCUT2D eigenvalue weighted by Crippen LogP contribution is 2.17. The monoisotopic (exact) mass is 490 g/mol. The summed E-state index contributed by atoms with van der Waals surface area (Å²) in [5.74, 6) is -0.351. The molecule has 10 nitrogen and oxygen atoms in total. The van der Waals surface area contributed by atoms with Gasteiger partial charge in [-0.05, 0) is 54.1 Å². The molecule has 0 aliphatic rings. The number of rotatable bonds is 10. The van der Waals surface area contributed by atoms with Crippen molar-refractivity contribution in [1.29, 1.82) is 0 Å². The third-order valence-electron chi connectivity index (χ3n) is 4.84. The van der Waals surface area contributed by atoms with Gasteiger partial charge in [0.1, 0.15) is 17.2 Å². The number of nitrogens with one attached hydrogen (secondary N) is 3. The van der Waals surface area contributed by atoms with Gasteiger partial charge in [-0.25, -0.2) is 5.43 Å². The summed E-state index contributed by atoms with van der Waals surface area (Å²) in [5, 5.41) is 9.05. The van der Waals surface area contributed by atoms with E-state index in [1.807, 2.05) is 0 Å². The summed E-state index contributed by atoms with van der Waals surface area (Å²) >= 11 is 0. The summed E-state index contributed by atoms with van der Waals surface area (Å²) < 4.78 is 15.8. The van der Waals surface area contributed by atoms with Gasteiger partial charge in [-0.3, -0.25) is 14.4 Å². The minimum Gasteiger partial charge on any atom is -0.497 e. The molecule has 10 heteroatoms. The van der Waals surface area contributed by atoms with Gasteiger partial charge in [-0.15, -0.1) is 0 Å². The Morgan fingerprint density at radius 1 is 0.833 bits per heavy atom. The number of hydrazone groups is 1. The zero-order chi connectivity index (χ0) is 25.8. The maximum absolute atomic E-state index is 12.2. The van der Waals surface area contributed by atoms with Crippen LogP contribution in [-0.2, 0) is 20.9 Å². The molecule has 0 spiro atoms. The van der Waals surface area contributed by atoms with Crippen molar-refractivity contribution in [2.24, 2.45) is 5.10 Å². The molecular formula is C26H26N4O6. The van der Waals surface area contributed by atoms with Gasteiger partial charge in [0.05, 0.1) is 20.4 Å². The van der Waals surface area contributed by atoms with Crippen LogP contribution in [-0.4, -0.2) is 44.8 Å². The van der Waals surface area contributed by atoms with Gasteiger partial charge >= 0.3 is 11.8 Å². The molecule has 0 saturated carbocycles. The first-order chi connectivity index (χ1) is 17.5. The number of benzene rings is 3. The van der Waals surface area contributed by atoms with E-state index in [1.54, 1.807) is 87.0 Å². The van der Waals surface area contributed by atoms with Crippen molar-refractivity contribution < 1.29 is 28.6 Å². The number of hydrogen-bond donors (Lipinski definition) is 3. The molecule has 3 aromatic rings. The number of amides is 3. The normalized spacial score (nSPS) is 10.4. The Bertz CT molecular complexity index is 1210. The van der Waals surface area contributed by atoms with Gasteiger partial charge in [0.2, 0.25) is 0 Å². The number of methoxy groups -OCH3 is 2. The summed E-state index contributed by atoms with van der Waals surface area (Å²) in [7, 11) is 3.12. The Morgan fingerprint density at radius 3 is 2.14 bits per heavy atom. The molecule has 0 atom stereocenters. The second kappa shape index (κ2) is 13.1. The van der Waals surface area contributed by atoms with E-state index in [0.29, 0.717) is 28.5 Å². The standard InChI is InChI=1S/C26H26N4O6/c1-34-21-11-7-18(8-12-21)15-27-25(32)26(33)30-28-16-19-5-3-4-6-23(19)36-17-24(31)29-20-9-13-22(35-2)14-10-20/h3-14,16H,15,17H2,1-2H3,(H,27,32)(H,29,31)(H,30,33)/b28-16-. The fourth-order valence-electron chi connectivity index (χ4n) is 2.95. The fraction of sp³-hybridized carbons (Fsp3) is 0.154. The highest BCUT2D eigenvalue weighted by atomic mass is 16.5. The molecule has 0 radical (unpaired) electrons. The van der Waals surface area contributed by atoms with E-state index < -0.39 is 11.8 Å². The predicted octanol–water partition coefficient (Wildman–Crippen LogP) is 2.49. The first kappa shape index (κ1) is 25.8. The van der Waals surface area contributed by atoms with Crippen molar-refractivity contribution in [2.75, 3.05) is 26.1 Å². The van der Waals surface area contributed by atoms with Crippen LogP contribution in [0.3, 0.4) is 0 Å². The van der Waals surface area contributed by atoms with E-state index >= 15 is 0 Å². The molecule has 3 rings (SSSR count). The molecular weight excluding hydrogens is 464 g/mol. The SMILES string of the molecule is COc1ccc(CNC(=O)C(=O)N/N=C\c2ccccc2OCC(=O)Nc2ccc(OC)cc2)cc1. The van der Waals surface area contributed by atoms with Gasteiger partial charge in [-0.1, -0.05) is 24.3 Å². The molecule has 0 unspecified atom stereocenters. The van der Waals surface area contributed by atoms with Gasteiger partial charge in [0.15, 0.2) is 6.61 Å². The van der Waals surface area contributed by atoms with Crippen molar-refractivity contribution >= 4 is 29.6 Å². The van der Waals surface area contributed by atoms with Crippen molar-refractivity contribution in [3.8, 4) is 17.2 Å². The minimum atomic E-state index is -0.919. The lowest BCUT2D eigenvalue weighted by Crippen LogP contribution is -2.37. The number of para-hydroxylation sites is 1. The van der Waals surface area contributed by atoms with E-state index in [1.165, 1.54) is 6.21 Å². The Morgan fingerprint density at radius 2 is 1.47 bits per heavy atom. The number of hydrogen-bond acceptors (Lipinski definition) is 7. The molecule has 3 aromatic carbocycles. The fourth-order valence-corrected chi connectivity index (χ4v) is 2.95. The smallest absolute Gasteiger partial charge is 0.329 e. The van der Waals surface area contributed by atoms with Crippen LogP contribution in [0.1, 0.15) is 11.1 Å². The van der Waals surface area contributed by atoms with Gasteiger partial charge < -0.3 is 24.8 Å². The molecule has 3 N–H and O–H groups in total. The van der Waals surface area contributed by atoms with E-state index in [-0.39, 0.29) is 19.1 Å². The number of carbonyl (C=O) groups is 3. The maximum atomic E-state index is 12.2. The van der Waals surface area contributed by atoms with Crippen molar-refractivity contribution in [1.82, 2.24) is 10.7 Å². The zero-order valence-electron chi connectivity index (χ0n) is 19.8. The number of anilines is 1. The molecule has 3 amide bonds. The van der Waals surface area contributed by atoms with Crippen LogP contribution in [0.4, 0.5) is 5.69 Å². The Balaban J connectivity index is 1.47. The van der Waals surface area contributed by atoms with Crippen LogP contribution in [0.15, 0.2) is 77.9 Å². The molecule has 0 saturated heterocycles. The Kier molecular flexibility index (Phi) is 9.40. The van der Waals surface area contributed by atoms with Crippen LogP contribution in [0.2, 0.25) is 0 Å². The van der Waals surface area contributed by atoms with Gasteiger partial charge in [0, 0.05) is 17.8 Å². The first-order valence-corrected chi connectivity index (χ1v) is 10.9. The molecule has 36 heavy (non-hydrogen) atoms. The van der Waals surface area contributed by atoms with Crippen molar-refractivity contribution in [3.05, 3.63) is 83.9 Å². The van der Waals surface area contributed by atoms with Crippen LogP contribution >= 0.6 is 0 Å². The summed E-state index contributed by atoms with van der Waals surface area (Å²) in [6, 6.07) is 20.8. The lowest BCUT2D eigenvalue weighted by atomic mass is 10.2. The van der Waals surface area contributed by atoms with E-state index in [0.717, 1.165) is 5.56 Å². The van der Waals surface area contributed by atoms with E-state index in [9.17, 15) is 14.4 Å². The van der Waals surface area contributed by atoms with E-state index in [2.05, 4.69) is 21.2 Å². The summed E-state index contributed by atoms with van der Waals surface area (Å²) in [4.78, 5) is 36.3. The average Bonchev–Trinajstić information content (AvgIpc) is 2.91. The molecule has 0 aliphatic carbocycles. The van der Waals surface area contributed by atoms with Crippen molar-refractivity contribution in [2.45, 2.75) is 6.54 Å². The first-order valence-electron chi connectivity index (χ1n) is 10.9. The van der Waals surface area contributed by atoms with Crippen LogP contribution in [0, 0.1) is 0 Å².